The fourth-order valence-electron chi connectivity index (χ4n) is 3.68. The number of methoxy groups -OCH3 is 1. The molecule has 0 aliphatic carbocycles. The minimum Gasteiger partial charge on any atom is -0.496 e. The molecule has 7 heteroatoms. The van der Waals surface area contributed by atoms with Gasteiger partial charge in [0.05, 0.1) is 13.2 Å². The third-order valence-corrected chi connectivity index (χ3v) is 4.78. The van der Waals surface area contributed by atoms with Crippen LogP contribution in [-0.2, 0) is 6.54 Å². The Morgan fingerprint density at radius 3 is 2.56 bits per heavy atom. The summed E-state index contributed by atoms with van der Waals surface area (Å²) in [6, 6.07) is 14.0. The van der Waals surface area contributed by atoms with Crippen molar-refractivity contribution in [2.24, 2.45) is 5.73 Å². The number of hydrogen-bond donors (Lipinski definition) is 1. The van der Waals surface area contributed by atoms with Crippen LogP contribution in [-0.4, -0.2) is 31.0 Å². The summed E-state index contributed by atoms with van der Waals surface area (Å²) in [7, 11) is 1.50. The van der Waals surface area contributed by atoms with Crippen molar-refractivity contribution in [3.63, 3.8) is 0 Å². The molecule has 146 valence electrons. The summed E-state index contributed by atoms with van der Waals surface area (Å²) in [6.07, 6.45) is -2.89. The molecule has 1 saturated heterocycles. The van der Waals surface area contributed by atoms with Gasteiger partial charge in [-0.05, 0) is 43.1 Å². The molecule has 0 amide bonds. The first kappa shape index (κ1) is 19.5. The van der Waals surface area contributed by atoms with Gasteiger partial charge in [0.2, 0.25) is 0 Å². The van der Waals surface area contributed by atoms with E-state index in [0.29, 0.717) is 17.9 Å². The molecule has 2 N–H and O–H groups in total. The molecule has 0 bridgehead atoms. The van der Waals surface area contributed by atoms with Gasteiger partial charge in [0.25, 0.3) is 0 Å². The SMILES string of the molecule is COc1ccc(OC(F)(F)F)cc1CN1CCC[C@H](N)[C@H]1c1ccccc1. The Balaban J connectivity index is 1.88. The highest BCUT2D eigenvalue weighted by Gasteiger charge is 2.33. The second-order valence-electron chi connectivity index (χ2n) is 6.65. The van der Waals surface area contributed by atoms with Crippen LogP contribution < -0.4 is 15.2 Å². The highest BCUT2D eigenvalue weighted by atomic mass is 19.4. The quantitative estimate of drug-likeness (QED) is 0.842. The maximum Gasteiger partial charge on any atom is 0.573 e. The van der Waals surface area contributed by atoms with Gasteiger partial charge < -0.3 is 15.2 Å². The van der Waals surface area contributed by atoms with E-state index in [1.807, 2.05) is 30.3 Å². The number of hydrogen-bond acceptors (Lipinski definition) is 4. The van der Waals surface area contributed by atoms with E-state index in [2.05, 4.69) is 9.64 Å². The first-order chi connectivity index (χ1) is 12.9. The highest BCUT2D eigenvalue weighted by Crippen LogP contribution is 2.35. The molecule has 1 aliphatic heterocycles. The summed E-state index contributed by atoms with van der Waals surface area (Å²) in [5, 5.41) is 0. The number of alkyl halides is 3. The summed E-state index contributed by atoms with van der Waals surface area (Å²) >= 11 is 0. The number of rotatable bonds is 5. The van der Waals surface area contributed by atoms with Crippen LogP contribution in [0, 0.1) is 0 Å². The van der Waals surface area contributed by atoms with Gasteiger partial charge in [-0.2, -0.15) is 0 Å². The van der Waals surface area contributed by atoms with Crippen LogP contribution in [0.15, 0.2) is 48.5 Å². The van der Waals surface area contributed by atoms with Crippen molar-refractivity contribution in [1.82, 2.24) is 4.90 Å². The van der Waals surface area contributed by atoms with Gasteiger partial charge in [0.1, 0.15) is 11.5 Å². The first-order valence-corrected chi connectivity index (χ1v) is 8.84. The number of halogens is 3. The Morgan fingerprint density at radius 2 is 1.89 bits per heavy atom. The van der Waals surface area contributed by atoms with Crippen molar-refractivity contribution in [2.75, 3.05) is 13.7 Å². The van der Waals surface area contributed by atoms with Gasteiger partial charge in [-0.1, -0.05) is 30.3 Å². The first-order valence-electron chi connectivity index (χ1n) is 8.84. The Morgan fingerprint density at radius 1 is 1.15 bits per heavy atom. The van der Waals surface area contributed by atoms with Crippen molar-refractivity contribution < 1.29 is 22.6 Å². The van der Waals surface area contributed by atoms with Crippen LogP contribution >= 0.6 is 0 Å². The lowest BCUT2D eigenvalue weighted by atomic mass is 9.90. The maximum absolute atomic E-state index is 12.6. The van der Waals surface area contributed by atoms with E-state index < -0.39 is 6.36 Å². The van der Waals surface area contributed by atoms with Crippen LogP contribution in [0.2, 0.25) is 0 Å². The molecule has 2 atom stereocenters. The molecule has 2 aromatic carbocycles. The summed E-state index contributed by atoms with van der Waals surface area (Å²) in [6.45, 7) is 1.23. The van der Waals surface area contributed by atoms with Crippen LogP contribution in [0.1, 0.15) is 30.0 Å². The second-order valence-corrected chi connectivity index (χ2v) is 6.65. The van der Waals surface area contributed by atoms with Gasteiger partial charge >= 0.3 is 6.36 Å². The van der Waals surface area contributed by atoms with Crippen molar-refractivity contribution in [1.29, 1.82) is 0 Å². The summed E-state index contributed by atoms with van der Waals surface area (Å²) < 4.78 is 47.1. The van der Waals surface area contributed by atoms with Crippen molar-refractivity contribution in [3.8, 4) is 11.5 Å². The van der Waals surface area contributed by atoms with Crippen LogP contribution in [0.25, 0.3) is 0 Å². The van der Waals surface area contributed by atoms with Crippen LogP contribution in [0.3, 0.4) is 0 Å². The monoisotopic (exact) mass is 380 g/mol. The number of benzene rings is 2. The predicted octanol–water partition coefficient (Wildman–Crippen LogP) is 4.26. The van der Waals surface area contributed by atoms with E-state index in [4.69, 9.17) is 10.5 Å². The van der Waals surface area contributed by atoms with Gasteiger partial charge in [0, 0.05) is 18.2 Å². The van der Waals surface area contributed by atoms with Crippen molar-refractivity contribution >= 4 is 0 Å². The van der Waals surface area contributed by atoms with E-state index in [9.17, 15) is 13.2 Å². The van der Waals surface area contributed by atoms with Crippen molar-refractivity contribution in [2.45, 2.75) is 37.8 Å². The third kappa shape index (κ3) is 4.93. The lowest BCUT2D eigenvalue weighted by Gasteiger charge is -2.40. The predicted molar refractivity (Wildman–Crippen MR) is 96.5 cm³/mol. The lowest BCUT2D eigenvalue weighted by Crippen LogP contribution is -2.45. The molecule has 1 fully saturated rings. The normalized spacial score (nSPS) is 21.1. The number of nitrogens with two attached hydrogens (primary N) is 1. The molecule has 0 unspecified atom stereocenters. The maximum atomic E-state index is 12.6. The van der Waals surface area contributed by atoms with Crippen molar-refractivity contribution in [3.05, 3.63) is 59.7 Å². The molecule has 1 aliphatic rings. The Labute approximate surface area is 156 Å². The minimum absolute atomic E-state index is 0.00292. The molecule has 0 radical (unpaired) electrons. The van der Waals surface area contributed by atoms with Gasteiger partial charge in [-0.3, -0.25) is 4.90 Å². The van der Waals surface area contributed by atoms with E-state index in [1.54, 1.807) is 0 Å². The topological polar surface area (TPSA) is 47.7 Å². The van der Waals surface area contributed by atoms with Gasteiger partial charge in [0.15, 0.2) is 0 Å². The average Bonchev–Trinajstić information content (AvgIpc) is 2.61. The molecule has 2 aromatic rings. The molecule has 3 rings (SSSR count). The molecule has 0 spiro atoms. The van der Waals surface area contributed by atoms with E-state index >= 15 is 0 Å². The van der Waals surface area contributed by atoms with E-state index in [-0.39, 0.29) is 17.8 Å². The van der Waals surface area contributed by atoms with Gasteiger partial charge in [-0.15, -0.1) is 13.2 Å². The molecule has 0 aromatic heterocycles. The van der Waals surface area contributed by atoms with E-state index in [0.717, 1.165) is 24.9 Å². The Kier molecular flexibility index (Phi) is 5.92. The summed E-state index contributed by atoms with van der Waals surface area (Å²) in [5.41, 5.74) is 8.13. The highest BCUT2D eigenvalue weighted by molar-refractivity contribution is 5.40. The zero-order valence-corrected chi connectivity index (χ0v) is 15.1. The lowest BCUT2D eigenvalue weighted by molar-refractivity contribution is -0.274. The molecular formula is C20H23F3N2O2. The molecule has 4 nitrogen and oxygen atoms in total. The number of likely N-dealkylation sites (tertiary alicyclic amines) is 1. The summed E-state index contributed by atoms with van der Waals surface area (Å²) in [4.78, 5) is 2.19. The van der Waals surface area contributed by atoms with Crippen LogP contribution in [0.4, 0.5) is 13.2 Å². The third-order valence-electron chi connectivity index (χ3n) is 4.78. The molecular weight excluding hydrogens is 357 g/mol. The Bertz CT molecular complexity index is 753. The molecule has 0 saturated carbocycles. The number of ether oxygens (including phenoxy) is 2. The fourth-order valence-corrected chi connectivity index (χ4v) is 3.68. The fraction of sp³-hybridized carbons (Fsp3) is 0.400. The van der Waals surface area contributed by atoms with Gasteiger partial charge in [-0.25, -0.2) is 0 Å². The van der Waals surface area contributed by atoms with E-state index in [1.165, 1.54) is 25.3 Å². The largest absolute Gasteiger partial charge is 0.573 e. The zero-order chi connectivity index (χ0) is 19.4. The van der Waals surface area contributed by atoms with Crippen LogP contribution in [0.5, 0.6) is 11.5 Å². The number of nitrogens with zero attached hydrogens (tertiary/aromatic N) is 1. The standard InChI is InChI=1S/C20H23F3N2O2/c1-26-18-10-9-16(27-20(21,22)23)12-15(18)13-25-11-5-8-17(24)19(25)14-6-3-2-4-7-14/h2-4,6-7,9-10,12,17,19H,5,8,11,13,24H2,1H3/t17-,19+/m0/s1. The number of piperidine rings is 1. The second kappa shape index (κ2) is 8.19. The molecule has 27 heavy (non-hydrogen) atoms. The zero-order valence-electron chi connectivity index (χ0n) is 15.1. The summed E-state index contributed by atoms with van der Waals surface area (Å²) in [5.74, 6) is 0.270. The Hall–Kier alpha value is -2.25. The smallest absolute Gasteiger partial charge is 0.496 e. The minimum atomic E-state index is -4.73. The molecule has 1 heterocycles. The average molecular weight is 380 g/mol.